The number of fused-ring (bicyclic) bond motifs is 2. The lowest BCUT2D eigenvalue weighted by Crippen LogP contribution is -2.19. The Balaban J connectivity index is 1.98. The fourth-order valence-electron chi connectivity index (χ4n) is 2.50. The first-order valence-electron chi connectivity index (χ1n) is 6.36. The maximum atomic E-state index is 12.6. The summed E-state index contributed by atoms with van der Waals surface area (Å²) < 4.78 is 5.14. The molecule has 2 aromatic heterocycles. The topological polar surface area (TPSA) is 73.1 Å². The van der Waals surface area contributed by atoms with E-state index >= 15 is 0 Å². The fraction of sp³-hybridized carbons (Fsp3) is 0. The zero-order chi connectivity index (χ0) is 14.4. The predicted molar refractivity (Wildman–Crippen MR) is 73.0 cm³/mol. The molecular weight excluding hydrogens is 268 g/mol. The highest BCUT2D eigenvalue weighted by Crippen LogP contribution is 2.33. The largest absolute Gasteiger partial charge is 0.351 e. The lowest BCUT2D eigenvalue weighted by Gasteiger charge is -2.12. The first-order chi connectivity index (χ1) is 10.3. The number of pyridine rings is 1. The van der Waals surface area contributed by atoms with E-state index in [-0.39, 0.29) is 22.9 Å². The number of nitrogens with zero attached hydrogens (tertiary/aromatic N) is 2. The first-order valence-corrected chi connectivity index (χ1v) is 6.36. The summed E-state index contributed by atoms with van der Waals surface area (Å²) in [6, 6.07) is 10.1. The van der Waals surface area contributed by atoms with E-state index in [1.807, 2.05) is 0 Å². The van der Waals surface area contributed by atoms with Gasteiger partial charge in [-0.3, -0.25) is 14.6 Å². The van der Waals surface area contributed by atoms with Crippen LogP contribution >= 0.6 is 0 Å². The number of hydrogen-bond donors (Lipinski definition) is 0. The van der Waals surface area contributed by atoms with Crippen molar-refractivity contribution in [3.05, 3.63) is 71.2 Å². The van der Waals surface area contributed by atoms with E-state index in [0.717, 1.165) is 0 Å². The summed E-state index contributed by atoms with van der Waals surface area (Å²) in [5, 5.41) is 3.91. The molecule has 5 heteroatoms. The van der Waals surface area contributed by atoms with Crippen LogP contribution in [0.3, 0.4) is 0 Å². The number of rotatable bonds is 1. The molecule has 0 fully saturated rings. The Morgan fingerprint density at radius 3 is 2.24 bits per heavy atom. The van der Waals surface area contributed by atoms with Crippen molar-refractivity contribution in [1.29, 1.82) is 0 Å². The van der Waals surface area contributed by atoms with E-state index in [2.05, 4.69) is 10.1 Å². The van der Waals surface area contributed by atoms with Crippen molar-refractivity contribution in [2.75, 3.05) is 0 Å². The van der Waals surface area contributed by atoms with Crippen LogP contribution in [0.25, 0.3) is 11.3 Å². The highest BCUT2D eigenvalue weighted by atomic mass is 16.5. The van der Waals surface area contributed by atoms with E-state index < -0.39 is 0 Å². The van der Waals surface area contributed by atoms with Crippen LogP contribution in [0.5, 0.6) is 0 Å². The Kier molecular flexibility index (Phi) is 2.35. The summed E-state index contributed by atoms with van der Waals surface area (Å²) in [5.74, 6) is -0.549. The fourth-order valence-corrected chi connectivity index (χ4v) is 2.50. The van der Waals surface area contributed by atoms with Crippen molar-refractivity contribution in [2.24, 2.45) is 0 Å². The van der Waals surface area contributed by atoms with E-state index in [1.54, 1.807) is 48.8 Å². The smallest absolute Gasteiger partial charge is 0.232 e. The number of carbonyl (C=O) groups is 2. The Hall–Kier alpha value is -3.08. The van der Waals surface area contributed by atoms with Crippen molar-refractivity contribution in [3.63, 3.8) is 0 Å². The van der Waals surface area contributed by atoms with Gasteiger partial charge >= 0.3 is 0 Å². The minimum atomic E-state index is -0.312. The molecule has 0 bridgehead atoms. The summed E-state index contributed by atoms with van der Waals surface area (Å²) in [5.41, 5.74) is 2.03. The third-order valence-electron chi connectivity index (χ3n) is 3.50. The Morgan fingerprint density at radius 1 is 0.857 bits per heavy atom. The minimum absolute atomic E-state index is 0.00510. The molecular formula is C16H8N2O3. The van der Waals surface area contributed by atoms with Crippen LogP contribution in [0.4, 0.5) is 0 Å². The summed E-state index contributed by atoms with van der Waals surface area (Å²) >= 11 is 0. The van der Waals surface area contributed by atoms with E-state index in [1.165, 1.54) is 0 Å². The number of ketones is 2. The molecule has 0 amide bonds. The highest BCUT2D eigenvalue weighted by molar-refractivity contribution is 6.29. The van der Waals surface area contributed by atoms with Gasteiger partial charge in [0.1, 0.15) is 11.3 Å². The van der Waals surface area contributed by atoms with Gasteiger partial charge in [0.15, 0.2) is 5.78 Å². The van der Waals surface area contributed by atoms with Gasteiger partial charge in [0.2, 0.25) is 11.5 Å². The van der Waals surface area contributed by atoms with E-state index in [0.29, 0.717) is 22.4 Å². The summed E-state index contributed by atoms with van der Waals surface area (Å²) in [6.07, 6.45) is 3.19. The summed E-state index contributed by atoms with van der Waals surface area (Å²) in [4.78, 5) is 29.0. The van der Waals surface area contributed by atoms with Gasteiger partial charge < -0.3 is 4.52 Å². The second kappa shape index (κ2) is 4.21. The number of aromatic nitrogens is 2. The minimum Gasteiger partial charge on any atom is -0.351 e. The number of carbonyl (C=O) groups excluding carboxylic acids is 2. The molecule has 1 aliphatic rings. The molecule has 0 saturated carbocycles. The van der Waals surface area contributed by atoms with Crippen molar-refractivity contribution in [3.8, 4) is 11.3 Å². The second-order valence-corrected chi connectivity index (χ2v) is 4.68. The molecule has 1 aliphatic carbocycles. The van der Waals surface area contributed by atoms with Gasteiger partial charge in [-0.15, -0.1) is 0 Å². The summed E-state index contributed by atoms with van der Waals surface area (Å²) in [7, 11) is 0. The normalized spacial score (nSPS) is 13.0. The van der Waals surface area contributed by atoms with Crippen molar-refractivity contribution >= 4 is 11.6 Å². The van der Waals surface area contributed by atoms with Gasteiger partial charge in [0.25, 0.3) is 0 Å². The third-order valence-corrected chi connectivity index (χ3v) is 3.50. The predicted octanol–water partition coefficient (Wildman–Crippen LogP) is 2.51. The quantitative estimate of drug-likeness (QED) is 0.534. The zero-order valence-corrected chi connectivity index (χ0v) is 10.7. The van der Waals surface area contributed by atoms with Crippen LogP contribution in [-0.4, -0.2) is 21.7 Å². The molecule has 4 rings (SSSR count). The van der Waals surface area contributed by atoms with Gasteiger partial charge in [-0.2, -0.15) is 0 Å². The highest BCUT2D eigenvalue weighted by Gasteiger charge is 2.36. The van der Waals surface area contributed by atoms with Gasteiger partial charge in [-0.1, -0.05) is 29.4 Å². The first kappa shape index (κ1) is 11.7. The maximum Gasteiger partial charge on any atom is 0.232 e. The maximum absolute atomic E-state index is 12.6. The lowest BCUT2D eigenvalue weighted by molar-refractivity contribution is 0.0955. The van der Waals surface area contributed by atoms with Crippen LogP contribution in [0.1, 0.15) is 32.0 Å². The van der Waals surface area contributed by atoms with Crippen molar-refractivity contribution < 1.29 is 14.1 Å². The summed E-state index contributed by atoms with van der Waals surface area (Å²) in [6.45, 7) is 0. The van der Waals surface area contributed by atoms with Gasteiger partial charge in [0.05, 0.1) is 0 Å². The Bertz CT molecular complexity index is 882. The Morgan fingerprint density at radius 2 is 1.52 bits per heavy atom. The molecule has 5 nitrogen and oxygen atoms in total. The number of benzene rings is 1. The molecule has 100 valence electrons. The standard InChI is InChI=1S/C16H8N2O3/c19-14-10-3-1-2-4-11(10)15(20)16-12(14)13(18-21-16)9-5-7-17-8-6-9/h1-8H. The molecule has 0 radical (unpaired) electrons. The molecule has 0 aliphatic heterocycles. The molecule has 21 heavy (non-hydrogen) atoms. The van der Waals surface area contributed by atoms with Crippen LogP contribution < -0.4 is 0 Å². The van der Waals surface area contributed by atoms with Gasteiger partial charge in [0, 0.05) is 29.1 Å². The number of hydrogen-bond acceptors (Lipinski definition) is 5. The van der Waals surface area contributed by atoms with E-state index in [9.17, 15) is 9.59 Å². The molecule has 1 aromatic carbocycles. The molecule has 0 atom stereocenters. The second-order valence-electron chi connectivity index (χ2n) is 4.68. The molecule has 0 unspecified atom stereocenters. The molecule has 0 N–H and O–H groups in total. The van der Waals surface area contributed by atoms with Crippen LogP contribution in [0, 0.1) is 0 Å². The average molecular weight is 276 g/mol. The van der Waals surface area contributed by atoms with Crippen LogP contribution in [0.2, 0.25) is 0 Å². The van der Waals surface area contributed by atoms with Crippen LogP contribution in [0.15, 0.2) is 53.3 Å². The third kappa shape index (κ3) is 1.57. The van der Waals surface area contributed by atoms with Crippen LogP contribution in [-0.2, 0) is 0 Å². The molecule has 3 aromatic rings. The van der Waals surface area contributed by atoms with Crippen molar-refractivity contribution in [2.45, 2.75) is 0 Å². The lowest BCUT2D eigenvalue weighted by atomic mass is 9.86. The zero-order valence-electron chi connectivity index (χ0n) is 10.7. The van der Waals surface area contributed by atoms with Gasteiger partial charge in [-0.05, 0) is 12.1 Å². The monoisotopic (exact) mass is 276 g/mol. The van der Waals surface area contributed by atoms with Crippen molar-refractivity contribution in [1.82, 2.24) is 10.1 Å². The Labute approximate surface area is 119 Å². The SMILES string of the molecule is O=C1c2ccccc2C(=O)c2c(-c3ccncc3)noc21. The van der Waals surface area contributed by atoms with Gasteiger partial charge in [-0.25, -0.2) is 0 Å². The molecule has 0 spiro atoms. The van der Waals surface area contributed by atoms with E-state index in [4.69, 9.17) is 4.52 Å². The molecule has 2 heterocycles. The molecule has 0 saturated heterocycles. The average Bonchev–Trinajstić information content (AvgIpc) is 2.99.